The van der Waals surface area contributed by atoms with Gasteiger partial charge in [-0.2, -0.15) is 5.26 Å². The molecule has 0 radical (unpaired) electrons. The van der Waals surface area contributed by atoms with E-state index in [1.807, 2.05) is 6.07 Å². The highest BCUT2D eigenvalue weighted by molar-refractivity contribution is 5.51. The standard InChI is InChI=1S/C13H17NO4/c1-8(7-14)13(15)9-5-11(17-3)12(18-4)6-10(9)16-2/h5-6,8,13,15H,1-4H3. The summed E-state index contributed by atoms with van der Waals surface area (Å²) in [7, 11) is 4.52. The van der Waals surface area contributed by atoms with Crippen LogP contribution in [-0.2, 0) is 0 Å². The summed E-state index contributed by atoms with van der Waals surface area (Å²) in [5.74, 6) is 0.909. The molecule has 1 aromatic carbocycles. The van der Waals surface area contributed by atoms with Crippen LogP contribution in [0.3, 0.4) is 0 Å². The number of aliphatic hydroxyl groups excluding tert-OH is 1. The fourth-order valence-corrected chi connectivity index (χ4v) is 1.62. The van der Waals surface area contributed by atoms with Crippen molar-refractivity contribution in [3.63, 3.8) is 0 Å². The first-order valence-corrected chi connectivity index (χ1v) is 5.46. The molecule has 0 aliphatic rings. The zero-order valence-corrected chi connectivity index (χ0v) is 10.9. The van der Waals surface area contributed by atoms with Gasteiger partial charge in [0.2, 0.25) is 0 Å². The molecule has 0 heterocycles. The number of nitriles is 1. The molecule has 18 heavy (non-hydrogen) atoms. The third-order valence-electron chi connectivity index (χ3n) is 2.73. The third-order valence-corrected chi connectivity index (χ3v) is 2.73. The molecular weight excluding hydrogens is 234 g/mol. The van der Waals surface area contributed by atoms with Crippen molar-refractivity contribution < 1.29 is 19.3 Å². The van der Waals surface area contributed by atoms with Crippen LogP contribution < -0.4 is 14.2 Å². The molecule has 2 atom stereocenters. The number of rotatable bonds is 5. The molecule has 98 valence electrons. The zero-order chi connectivity index (χ0) is 13.7. The van der Waals surface area contributed by atoms with Gasteiger partial charge < -0.3 is 19.3 Å². The van der Waals surface area contributed by atoms with Gasteiger partial charge in [0.15, 0.2) is 11.5 Å². The average molecular weight is 251 g/mol. The number of benzene rings is 1. The molecular formula is C13H17NO4. The van der Waals surface area contributed by atoms with Gasteiger partial charge in [-0.3, -0.25) is 0 Å². The molecule has 0 amide bonds. The molecule has 1 rings (SSSR count). The summed E-state index contributed by atoms with van der Waals surface area (Å²) in [4.78, 5) is 0. The van der Waals surface area contributed by atoms with Gasteiger partial charge in [-0.25, -0.2) is 0 Å². The minimum absolute atomic E-state index is 0.460. The van der Waals surface area contributed by atoms with Gasteiger partial charge in [-0.1, -0.05) is 0 Å². The van der Waals surface area contributed by atoms with Crippen molar-refractivity contribution in [2.45, 2.75) is 13.0 Å². The van der Waals surface area contributed by atoms with E-state index >= 15 is 0 Å². The van der Waals surface area contributed by atoms with E-state index in [0.29, 0.717) is 22.8 Å². The highest BCUT2D eigenvalue weighted by Gasteiger charge is 2.22. The van der Waals surface area contributed by atoms with E-state index in [4.69, 9.17) is 19.5 Å². The Labute approximate surface area is 107 Å². The highest BCUT2D eigenvalue weighted by Crippen LogP contribution is 2.39. The van der Waals surface area contributed by atoms with E-state index < -0.39 is 12.0 Å². The van der Waals surface area contributed by atoms with Gasteiger partial charge in [-0.15, -0.1) is 0 Å². The first kappa shape index (κ1) is 14.1. The summed E-state index contributed by atoms with van der Waals surface area (Å²) >= 11 is 0. The van der Waals surface area contributed by atoms with Crippen molar-refractivity contribution >= 4 is 0 Å². The molecule has 1 N–H and O–H groups in total. The monoisotopic (exact) mass is 251 g/mol. The Morgan fingerprint density at radius 1 is 1.06 bits per heavy atom. The lowest BCUT2D eigenvalue weighted by atomic mass is 9.97. The Morgan fingerprint density at radius 3 is 2.00 bits per heavy atom. The second-order valence-corrected chi connectivity index (χ2v) is 3.81. The maximum atomic E-state index is 10.1. The topological polar surface area (TPSA) is 71.7 Å². The molecule has 2 unspecified atom stereocenters. The normalized spacial score (nSPS) is 13.3. The van der Waals surface area contributed by atoms with Crippen LogP contribution in [0.2, 0.25) is 0 Å². The summed E-state index contributed by atoms with van der Waals surface area (Å²) in [6.07, 6.45) is -0.940. The number of aliphatic hydroxyl groups is 1. The molecule has 0 aliphatic heterocycles. The van der Waals surface area contributed by atoms with Gasteiger partial charge in [0.1, 0.15) is 5.75 Å². The van der Waals surface area contributed by atoms with E-state index in [-0.39, 0.29) is 0 Å². The fraction of sp³-hybridized carbons (Fsp3) is 0.462. The van der Waals surface area contributed by atoms with E-state index in [1.165, 1.54) is 21.3 Å². The predicted molar refractivity (Wildman–Crippen MR) is 65.8 cm³/mol. The van der Waals surface area contributed by atoms with Crippen molar-refractivity contribution in [1.29, 1.82) is 5.26 Å². The summed E-state index contributed by atoms with van der Waals surface area (Å²) in [5, 5.41) is 18.9. The predicted octanol–water partition coefficient (Wildman–Crippen LogP) is 1.91. The van der Waals surface area contributed by atoms with Crippen molar-refractivity contribution in [1.82, 2.24) is 0 Å². The molecule has 0 aliphatic carbocycles. The third kappa shape index (κ3) is 2.66. The van der Waals surface area contributed by atoms with E-state index in [1.54, 1.807) is 19.1 Å². The van der Waals surface area contributed by atoms with Crippen LogP contribution in [0.1, 0.15) is 18.6 Å². The van der Waals surface area contributed by atoms with E-state index in [2.05, 4.69) is 0 Å². The fourth-order valence-electron chi connectivity index (χ4n) is 1.62. The molecule has 0 fully saturated rings. The Hall–Kier alpha value is -1.93. The molecule has 0 saturated carbocycles. The highest BCUT2D eigenvalue weighted by atomic mass is 16.5. The maximum Gasteiger partial charge on any atom is 0.164 e. The van der Waals surface area contributed by atoms with E-state index in [0.717, 1.165) is 0 Å². The maximum absolute atomic E-state index is 10.1. The second kappa shape index (κ2) is 6.12. The lowest BCUT2D eigenvalue weighted by Crippen LogP contribution is -2.09. The number of hydrogen-bond acceptors (Lipinski definition) is 5. The molecule has 0 saturated heterocycles. The van der Waals surface area contributed by atoms with Crippen molar-refractivity contribution in [3.8, 4) is 23.3 Å². The quantitative estimate of drug-likeness (QED) is 0.865. The van der Waals surface area contributed by atoms with Gasteiger partial charge in [0, 0.05) is 11.6 Å². The number of ether oxygens (including phenoxy) is 3. The summed E-state index contributed by atoms with van der Waals surface area (Å²) in [6, 6.07) is 5.25. The molecule has 5 heteroatoms. The molecule has 0 bridgehead atoms. The first-order chi connectivity index (χ1) is 8.58. The summed E-state index contributed by atoms with van der Waals surface area (Å²) in [5.41, 5.74) is 0.504. The van der Waals surface area contributed by atoms with E-state index in [9.17, 15) is 5.11 Å². The summed E-state index contributed by atoms with van der Waals surface area (Å²) < 4.78 is 15.5. The first-order valence-electron chi connectivity index (χ1n) is 5.46. The van der Waals surface area contributed by atoms with Gasteiger partial charge in [-0.05, 0) is 13.0 Å². The van der Waals surface area contributed by atoms with Crippen LogP contribution in [0.15, 0.2) is 12.1 Å². The van der Waals surface area contributed by atoms with Gasteiger partial charge in [0.05, 0.1) is 39.4 Å². The van der Waals surface area contributed by atoms with Gasteiger partial charge >= 0.3 is 0 Å². The SMILES string of the molecule is COc1cc(OC)c(C(O)C(C)C#N)cc1OC. The Balaban J connectivity index is 3.30. The molecule has 1 aromatic rings. The lowest BCUT2D eigenvalue weighted by Gasteiger charge is -2.19. The average Bonchev–Trinajstić information content (AvgIpc) is 2.43. The van der Waals surface area contributed by atoms with Crippen LogP contribution in [0.4, 0.5) is 0 Å². The molecule has 0 spiro atoms. The van der Waals surface area contributed by atoms with Crippen molar-refractivity contribution in [3.05, 3.63) is 17.7 Å². The molecule has 0 aromatic heterocycles. The lowest BCUT2D eigenvalue weighted by molar-refractivity contribution is 0.138. The van der Waals surface area contributed by atoms with Crippen LogP contribution in [-0.4, -0.2) is 26.4 Å². The van der Waals surface area contributed by atoms with Crippen LogP contribution >= 0.6 is 0 Å². The second-order valence-electron chi connectivity index (χ2n) is 3.81. The number of hydrogen-bond donors (Lipinski definition) is 1. The van der Waals surface area contributed by atoms with Crippen LogP contribution in [0, 0.1) is 17.2 Å². The molecule has 5 nitrogen and oxygen atoms in total. The van der Waals surface area contributed by atoms with Crippen LogP contribution in [0.5, 0.6) is 17.2 Å². The Bertz CT molecular complexity index is 453. The number of nitrogens with zero attached hydrogens (tertiary/aromatic N) is 1. The summed E-state index contributed by atoms with van der Waals surface area (Å²) in [6.45, 7) is 1.64. The van der Waals surface area contributed by atoms with Crippen LogP contribution in [0.25, 0.3) is 0 Å². The minimum Gasteiger partial charge on any atom is -0.496 e. The Morgan fingerprint density at radius 2 is 1.56 bits per heavy atom. The minimum atomic E-state index is -0.940. The number of methoxy groups -OCH3 is 3. The van der Waals surface area contributed by atoms with Gasteiger partial charge in [0.25, 0.3) is 0 Å². The zero-order valence-electron chi connectivity index (χ0n) is 10.9. The largest absolute Gasteiger partial charge is 0.496 e. The Kier molecular flexibility index (Phi) is 4.81. The van der Waals surface area contributed by atoms with Crippen molar-refractivity contribution in [2.24, 2.45) is 5.92 Å². The van der Waals surface area contributed by atoms with Crippen molar-refractivity contribution in [2.75, 3.05) is 21.3 Å². The smallest absolute Gasteiger partial charge is 0.164 e.